The van der Waals surface area contributed by atoms with E-state index in [0.717, 1.165) is 4.57 Å². The van der Waals surface area contributed by atoms with E-state index in [9.17, 15) is 14.4 Å². The number of hydrogen-bond acceptors (Lipinski definition) is 3. The van der Waals surface area contributed by atoms with Crippen LogP contribution in [0.3, 0.4) is 0 Å². The maximum atomic E-state index is 11.9. The lowest BCUT2D eigenvalue weighted by Gasteiger charge is -2.08. The van der Waals surface area contributed by atoms with Crippen molar-refractivity contribution in [3.63, 3.8) is 0 Å². The van der Waals surface area contributed by atoms with Gasteiger partial charge in [-0.2, -0.15) is 4.57 Å². The molecule has 1 N–H and O–H groups in total. The molecule has 6 nitrogen and oxygen atoms in total. The lowest BCUT2D eigenvalue weighted by Crippen LogP contribution is -2.42. The van der Waals surface area contributed by atoms with E-state index < -0.39 is 17.3 Å². The molecule has 2 rings (SSSR count). The fourth-order valence-electron chi connectivity index (χ4n) is 1.62. The van der Waals surface area contributed by atoms with Gasteiger partial charge < -0.3 is 5.11 Å². The molecule has 1 aromatic heterocycles. The highest BCUT2D eigenvalue weighted by molar-refractivity contribution is 9.10. The first-order valence-corrected chi connectivity index (χ1v) is 5.38. The van der Waals surface area contributed by atoms with Crippen molar-refractivity contribution < 1.29 is 9.90 Å². The third kappa shape index (κ3) is 1.59. The molecule has 1 heterocycles. The van der Waals surface area contributed by atoms with Crippen LogP contribution in [0, 0.1) is 0 Å². The zero-order valence-electron chi connectivity index (χ0n) is 8.68. The molecule has 2 aromatic rings. The zero-order valence-corrected chi connectivity index (χ0v) is 10.3. The third-order valence-electron chi connectivity index (χ3n) is 2.44. The first-order valence-electron chi connectivity index (χ1n) is 4.58. The predicted octanol–water partition coefficient (Wildman–Crippen LogP) is 0.989. The Labute approximate surface area is 103 Å². The van der Waals surface area contributed by atoms with Crippen LogP contribution in [0.4, 0.5) is 4.79 Å². The first-order chi connectivity index (χ1) is 7.95. The Bertz CT molecular complexity index is 744. The Balaban J connectivity index is 3.19. The van der Waals surface area contributed by atoms with Gasteiger partial charge in [0.05, 0.1) is 10.9 Å². The van der Waals surface area contributed by atoms with Crippen molar-refractivity contribution in [1.29, 1.82) is 0 Å². The van der Waals surface area contributed by atoms with Crippen LogP contribution in [0.2, 0.25) is 0 Å². The maximum absolute atomic E-state index is 11.9. The number of fused-ring (bicyclic) bond motifs is 1. The molecule has 0 saturated carbocycles. The number of carboxylic acid groups (broad SMARTS) is 1. The molecule has 0 unspecified atom stereocenters. The van der Waals surface area contributed by atoms with Gasteiger partial charge in [0.2, 0.25) is 0 Å². The summed E-state index contributed by atoms with van der Waals surface area (Å²) in [7, 11) is 1.41. The molecule has 0 spiro atoms. The molecule has 0 aliphatic heterocycles. The highest BCUT2D eigenvalue weighted by Crippen LogP contribution is 2.18. The Morgan fingerprint density at radius 1 is 1.35 bits per heavy atom. The fourth-order valence-corrected chi connectivity index (χ4v) is 2.15. The van der Waals surface area contributed by atoms with E-state index in [0.29, 0.717) is 9.99 Å². The van der Waals surface area contributed by atoms with Crippen LogP contribution in [-0.4, -0.2) is 20.3 Å². The second-order valence-electron chi connectivity index (χ2n) is 3.40. The van der Waals surface area contributed by atoms with Crippen LogP contribution < -0.4 is 11.2 Å². The van der Waals surface area contributed by atoms with Gasteiger partial charge in [-0.25, -0.2) is 9.59 Å². The van der Waals surface area contributed by atoms with E-state index in [1.807, 2.05) is 0 Å². The summed E-state index contributed by atoms with van der Waals surface area (Å²) in [5.74, 6) is 0. The van der Waals surface area contributed by atoms with Gasteiger partial charge in [-0.3, -0.25) is 9.36 Å². The monoisotopic (exact) mass is 298 g/mol. The summed E-state index contributed by atoms with van der Waals surface area (Å²) >= 11 is 3.17. The molecule has 88 valence electrons. The van der Waals surface area contributed by atoms with Crippen molar-refractivity contribution in [1.82, 2.24) is 9.13 Å². The smallest absolute Gasteiger partial charge is 0.422 e. The Morgan fingerprint density at radius 3 is 2.59 bits per heavy atom. The molecular weight excluding hydrogens is 292 g/mol. The minimum Gasteiger partial charge on any atom is -0.464 e. The number of hydrogen-bond donors (Lipinski definition) is 1. The van der Waals surface area contributed by atoms with Crippen LogP contribution in [0.1, 0.15) is 0 Å². The number of nitrogens with zero attached hydrogens (tertiary/aromatic N) is 2. The van der Waals surface area contributed by atoms with Gasteiger partial charge >= 0.3 is 11.8 Å². The fraction of sp³-hybridized carbons (Fsp3) is 0.100. The van der Waals surface area contributed by atoms with Gasteiger partial charge in [-0.15, -0.1) is 0 Å². The van der Waals surface area contributed by atoms with Gasteiger partial charge in [0.25, 0.3) is 5.56 Å². The van der Waals surface area contributed by atoms with E-state index in [1.54, 1.807) is 18.2 Å². The topological polar surface area (TPSA) is 81.3 Å². The molecule has 0 atom stereocenters. The van der Waals surface area contributed by atoms with Gasteiger partial charge in [-0.05, 0) is 28.1 Å². The number of halogens is 1. The Kier molecular flexibility index (Phi) is 2.62. The van der Waals surface area contributed by atoms with E-state index >= 15 is 0 Å². The van der Waals surface area contributed by atoms with Gasteiger partial charge in [0.15, 0.2) is 0 Å². The molecule has 7 heteroatoms. The van der Waals surface area contributed by atoms with Crippen LogP contribution in [0.25, 0.3) is 10.9 Å². The molecule has 0 amide bonds. The minimum absolute atomic E-state index is 0.164. The summed E-state index contributed by atoms with van der Waals surface area (Å²) in [6.07, 6.45) is -1.59. The lowest BCUT2D eigenvalue weighted by atomic mass is 10.2. The molecular formula is C10H7BrN2O4. The molecule has 17 heavy (non-hydrogen) atoms. The van der Waals surface area contributed by atoms with E-state index in [2.05, 4.69) is 15.9 Å². The van der Waals surface area contributed by atoms with Crippen LogP contribution >= 0.6 is 15.9 Å². The maximum Gasteiger partial charge on any atom is 0.422 e. The highest BCUT2D eigenvalue weighted by Gasteiger charge is 2.16. The molecule has 0 bridgehead atoms. The molecule has 0 aliphatic rings. The number of rotatable bonds is 0. The summed E-state index contributed by atoms with van der Waals surface area (Å²) in [5, 5.41) is 9.02. The molecule has 0 fully saturated rings. The molecule has 1 aromatic carbocycles. The lowest BCUT2D eigenvalue weighted by molar-refractivity contribution is 0.193. The number of carbonyl (C=O) groups is 1. The Morgan fingerprint density at radius 2 is 2.00 bits per heavy atom. The summed E-state index contributed by atoms with van der Waals surface area (Å²) in [5.41, 5.74) is -1.34. The Hall–Kier alpha value is -1.89. The van der Waals surface area contributed by atoms with Crippen LogP contribution in [0.15, 0.2) is 32.3 Å². The van der Waals surface area contributed by atoms with Crippen molar-refractivity contribution in [2.24, 2.45) is 7.05 Å². The van der Waals surface area contributed by atoms with Crippen molar-refractivity contribution in [2.75, 3.05) is 0 Å². The normalized spacial score (nSPS) is 10.7. The van der Waals surface area contributed by atoms with Crippen molar-refractivity contribution in [2.45, 2.75) is 0 Å². The first kappa shape index (κ1) is 11.6. The highest BCUT2D eigenvalue weighted by atomic mass is 79.9. The molecule has 0 saturated heterocycles. The van der Waals surface area contributed by atoms with Gasteiger partial charge in [-0.1, -0.05) is 6.07 Å². The number of aryl methyl sites for hydroxylation is 1. The second-order valence-corrected chi connectivity index (χ2v) is 4.25. The third-order valence-corrected chi connectivity index (χ3v) is 3.10. The average Bonchev–Trinajstić information content (AvgIpc) is 2.25. The van der Waals surface area contributed by atoms with Crippen molar-refractivity contribution >= 4 is 32.9 Å². The minimum atomic E-state index is -1.59. The standard InChI is InChI=1S/C10H7BrN2O4/c1-12-6-4-2-3-5(11)7(6)8(14)13(9(12)15)10(16)17/h2-4H,1H3,(H,16,17). The second kappa shape index (κ2) is 3.85. The summed E-state index contributed by atoms with van der Waals surface area (Å²) in [6.45, 7) is 0. The average molecular weight is 299 g/mol. The quantitative estimate of drug-likeness (QED) is 0.786. The predicted molar refractivity (Wildman–Crippen MR) is 64.6 cm³/mol. The summed E-state index contributed by atoms with van der Waals surface area (Å²) in [4.78, 5) is 34.5. The summed E-state index contributed by atoms with van der Waals surface area (Å²) in [6, 6.07) is 4.85. The van der Waals surface area contributed by atoms with Gasteiger partial charge in [0.1, 0.15) is 0 Å². The van der Waals surface area contributed by atoms with Crippen LogP contribution in [-0.2, 0) is 7.05 Å². The number of aromatic nitrogens is 2. The van der Waals surface area contributed by atoms with Crippen molar-refractivity contribution in [3.8, 4) is 0 Å². The van der Waals surface area contributed by atoms with Gasteiger partial charge in [0, 0.05) is 11.5 Å². The largest absolute Gasteiger partial charge is 0.464 e. The van der Waals surface area contributed by atoms with Crippen molar-refractivity contribution in [3.05, 3.63) is 43.5 Å². The van der Waals surface area contributed by atoms with E-state index in [1.165, 1.54) is 7.05 Å². The molecule has 0 radical (unpaired) electrons. The van der Waals surface area contributed by atoms with E-state index in [-0.39, 0.29) is 9.95 Å². The van der Waals surface area contributed by atoms with E-state index in [4.69, 9.17) is 5.11 Å². The SMILES string of the molecule is Cn1c(=O)n(C(=O)O)c(=O)c2c(Br)cccc21. The zero-order chi connectivity index (χ0) is 12.7. The molecule has 0 aliphatic carbocycles. The number of benzene rings is 1. The summed E-state index contributed by atoms with van der Waals surface area (Å²) < 4.78 is 1.76. The van der Waals surface area contributed by atoms with Crippen LogP contribution in [0.5, 0.6) is 0 Å².